The van der Waals surface area contributed by atoms with Crippen LogP contribution in [0.15, 0.2) is 42.5 Å². The van der Waals surface area contributed by atoms with Gasteiger partial charge < -0.3 is 4.74 Å². The molecule has 2 aromatic carbocycles. The van der Waals surface area contributed by atoms with Crippen LogP contribution in [0.2, 0.25) is 0 Å². The van der Waals surface area contributed by atoms with Gasteiger partial charge in [0.25, 0.3) is 0 Å². The Hall–Kier alpha value is -1.74. The molecule has 0 N–H and O–H groups in total. The zero-order valence-electron chi connectivity index (χ0n) is 17.8. The molecular formula is C26H34F2O. The monoisotopic (exact) mass is 400 g/mol. The Balaban J connectivity index is 1.67. The molecule has 1 aliphatic carbocycles. The Morgan fingerprint density at radius 3 is 2.14 bits per heavy atom. The van der Waals surface area contributed by atoms with E-state index in [1.54, 1.807) is 0 Å². The molecule has 0 aromatic heterocycles. The number of rotatable bonds is 9. The summed E-state index contributed by atoms with van der Waals surface area (Å²) >= 11 is 0. The van der Waals surface area contributed by atoms with Crippen LogP contribution < -0.4 is 0 Å². The van der Waals surface area contributed by atoms with Crippen molar-refractivity contribution in [3.8, 4) is 0 Å². The number of halogens is 2. The third-order valence-corrected chi connectivity index (χ3v) is 6.37. The fraction of sp³-hybridized carbons (Fsp3) is 0.538. The van der Waals surface area contributed by atoms with Crippen LogP contribution in [0.4, 0.5) is 8.78 Å². The molecule has 0 heterocycles. The number of ether oxygens (including phenoxy) is 1. The second kappa shape index (κ2) is 10.9. The summed E-state index contributed by atoms with van der Waals surface area (Å²) in [5.74, 6) is 0.369. The van der Waals surface area contributed by atoms with Gasteiger partial charge in [0.15, 0.2) is 0 Å². The van der Waals surface area contributed by atoms with Crippen LogP contribution in [0.1, 0.15) is 93.9 Å². The maximum atomic E-state index is 14.3. The van der Waals surface area contributed by atoms with Gasteiger partial charge in [-0.25, -0.2) is 8.78 Å². The van der Waals surface area contributed by atoms with Crippen LogP contribution in [0.3, 0.4) is 0 Å². The maximum absolute atomic E-state index is 14.3. The summed E-state index contributed by atoms with van der Waals surface area (Å²) in [6, 6.07) is 12.2. The minimum absolute atomic E-state index is 0.00492. The van der Waals surface area contributed by atoms with E-state index in [1.165, 1.54) is 75.1 Å². The van der Waals surface area contributed by atoms with Gasteiger partial charge in [0, 0.05) is 6.61 Å². The van der Waals surface area contributed by atoms with E-state index in [0.717, 1.165) is 11.5 Å². The largest absolute Gasteiger partial charge is 0.369 e. The van der Waals surface area contributed by atoms with Gasteiger partial charge in [-0.3, -0.25) is 0 Å². The quantitative estimate of drug-likeness (QED) is 0.388. The molecular weight excluding hydrogens is 366 g/mol. The molecule has 0 bridgehead atoms. The highest BCUT2D eigenvalue weighted by molar-refractivity contribution is 5.35. The van der Waals surface area contributed by atoms with Gasteiger partial charge in [-0.15, -0.1) is 0 Å². The van der Waals surface area contributed by atoms with E-state index >= 15 is 0 Å². The predicted molar refractivity (Wildman–Crippen MR) is 115 cm³/mol. The zero-order chi connectivity index (χ0) is 20.6. The SMILES string of the molecule is CCCCC[C@H]1CC[C@H](c2ccc(C(OCC)c3c(F)cccc3F)cc2)CC1. The van der Waals surface area contributed by atoms with Gasteiger partial charge in [-0.2, -0.15) is 0 Å². The standard InChI is InChI=1S/C26H34F2O/c1-3-5-6-8-19-11-13-20(14-12-19)21-15-17-22(18-16-21)26(29-4-2)25-23(27)9-7-10-24(25)28/h7,9-10,15-20,26H,3-6,8,11-14H2,1-2H3/t19-,20-,26?. The van der Waals surface area contributed by atoms with Crippen molar-refractivity contribution in [2.45, 2.75) is 77.2 Å². The third-order valence-electron chi connectivity index (χ3n) is 6.37. The molecule has 1 unspecified atom stereocenters. The van der Waals surface area contributed by atoms with Crippen molar-refractivity contribution in [1.82, 2.24) is 0 Å². The summed E-state index contributed by atoms with van der Waals surface area (Å²) in [6.45, 7) is 4.50. The van der Waals surface area contributed by atoms with Gasteiger partial charge in [-0.05, 0) is 67.7 Å². The minimum atomic E-state index is -0.718. The summed E-state index contributed by atoms with van der Waals surface area (Å²) in [5.41, 5.74) is 2.13. The first kappa shape index (κ1) is 22.0. The van der Waals surface area contributed by atoms with Crippen molar-refractivity contribution in [2.24, 2.45) is 5.92 Å². The summed E-state index contributed by atoms with van der Waals surface area (Å²) in [4.78, 5) is 0. The molecule has 1 atom stereocenters. The van der Waals surface area contributed by atoms with E-state index in [-0.39, 0.29) is 5.56 Å². The molecule has 3 rings (SSSR count). The summed E-state index contributed by atoms with van der Waals surface area (Å²) in [6.07, 6.45) is 9.79. The lowest BCUT2D eigenvalue weighted by atomic mass is 9.77. The van der Waals surface area contributed by atoms with Gasteiger partial charge in [-0.1, -0.05) is 62.9 Å². The van der Waals surface area contributed by atoms with Crippen molar-refractivity contribution >= 4 is 0 Å². The van der Waals surface area contributed by atoms with Crippen molar-refractivity contribution in [2.75, 3.05) is 6.61 Å². The average Bonchev–Trinajstić information content (AvgIpc) is 2.74. The van der Waals surface area contributed by atoms with E-state index < -0.39 is 17.7 Å². The third kappa shape index (κ3) is 5.66. The van der Waals surface area contributed by atoms with Crippen LogP contribution in [0.5, 0.6) is 0 Å². The first-order chi connectivity index (χ1) is 14.1. The second-order valence-electron chi connectivity index (χ2n) is 8.35. The fourth-order valence-electron chi connectivity index (χ4n) is 4.68. The molecule has 1 aliphatic rings. The highest BCUT2D eigenvalue weighted by Crippen LogP contribution is 2.38. The van der Waals surface area contributed by atoms with E-state index in [0.29, 0.717) is 12.5 Å². The Morgan fingerprint density at radius 1 is 0.897 bits per heavy atom. The number of benzene rings is 2. The van der Waals surface area contributed by atoms with E-state index in [1.807, 2.05) is 19.1 Å². The lowest BCUT2D eigenvalue weighted by molar-refractivity contribution is 0.0859. The molecule has 0 spiro atoms. The van der Waals surface area contributed by atoms with E-state index in [2.05, 4.69) is 19.1 Å². The number of unbranched alkanes of at least 4 members (excludes halogenated alkanes) is 2. The lowest BCUT2D eigenvalue weighted by Crippen LogP contribution is -2.14. The van der Waals surface area contributed by atoms with Gasteiger partial charge in [0.1, 0.15) is 17.7 Å². The Morgan fingerprint density at radius 2 is 1.55 bits per heavy atom. The predicted octanol–water partition coefficient (Wildman–Crippen LogP) is 7.94. The maximum Gasteiger partial charge on any atom is 0.132 e. The van der Waals surface area contributed by atoms with Gasteiger partial charge in [0.05, 0.1) is 5.56 Å². The minimum Gasteiger partial charge on any atom is -0.369 e. The van der Waals surface area contributed by atoms with Crippen molar-refractivity contribution in [1.29, 1.82) is 0 Å². The summed E-state index contributed by atoms with van der Waals surface area (Å²) in [5, 5.41) is 0. The highest BCUT2D eigenvalue weighted by Gasteiger charge is 2.24. The molecule has 1 nitrogen and oxygen atoms in total. The van der Waals surface area contributed by atoms with Gasteiger partial charge in [0.2, 0.25) is 0 Å². The number of hydrogen-bond donors (Lipinski definition) is 0. The first-order valence-corrected chi connectivity index (χ1v) is 11.3. The average molecular weight is 401 g/mol. The van der Waals surface area contributed by atoms with Crippen LogP contribution in [0, 0.1) is 17.6 Å². The molecule has 3 heteroatoms. The van der Waals surface area contributed by atoms with Crippen LogP contribution in [-0.2, 0) is 4.74 Å². The summed E-state index contributed by atoms with van der Waals surface area (Å²) in [7, 11) is 0. The normalized spacial score (nSPS) is 20.6. The van der Waals surface area contributed by atoms with Crippen molar-refractivity contribution < 1.29 is 13.5 Å². The molecule has 1 fully saturated rings. The fourth-order valence-corrected chi connectivity index (χ4v) is 4.68. The van der Waals surface area contributed by atoms with E-state index in [4.69, 9.17) is 4.74 Å². The smallest absolute Gasteiger partial charge is 0.132 e. The lowest BCUT2D eigenvalue weighted by Gasteiger charge is -2.29. The number of hydrogen-bond acceptors (Lipinski definition) is 1. The Labute approximate surface area is 174 Å². The molecule has 158 valence electrons. The highest BCUT2D eigenvalue weighted by atomic mass is 19.1. The molecule has 1 saturated carbocycles. The summed E-state index contributed by atoms with van der Waals surface area (Å²) < 4.78 is 34.4. The van der Waals surface area contributed by atoms with Crippen molar-refractivity contribution in [3.05, 3.63) is 70.8 Å². The van der Waals surface area contributed by atoms with Crippen molar-refractivity contribution in [3.63, 3.8) is 0 Å². The first-order valence-electron chi connectivity index (χ1n) is 11.3. The van der Waals surface area contributed by atoms with Crippen LogP contribution in [0.25, 0.3) is 0 Å². The van der Waals surface area contributed by atoms with Gasteiger partial charge >= 0.3 is 0 Å². The molecule has 0 aliphatic heterocycles. The molecule has 2 aromatic rings. The second-order valence-corrected chi connectivity index (χ2v) is 8.35. The zero-order valence-corrected chi connectivity index (χ0v) is 17.8. The topological polar surface area (TPSA) is 9.23 Å². The van der Waals surface area contributed by atoms with Crippen LogP contribution in [-0.4, -0.2) is 6.61 Å². The Bertz CT molecular complexity index is 728. The Kier molecular flexibility index (Phi) is 8.23. The molecule has 0 saturated heterocycles. The van der Waals surface area contributed by atoms with Crippen LogP contribution >= 0.6 is 0 Å². The molecule has 0 radical (unpaired) electrons. The molecule has 0 amide bonds. The molecule has 29 heavy (non-hydrogen) atoms. The van der Waals surface area contributed by atoms with E-state index in [9.17, 15) is 8.78 Å².